The third-order valence-corrected chi connectivity index (χ3v) is 10.4. The molecule has 0 spiro atoms. The summed E-state index contributed by atoms with van der Waals surface area (Å²) in [6.45, 7) is 5.59. The molecule has 3 heterocycles. The minimum atomic E-state index is -1.83. The van der Waals surface area contributed by atoms with E-state index in [9.17, 15) is 44.7 Å². The zero-order chi connectivity index (χ0) is 42.6. The summed E-state index contributed by atoms with van der Waals surface area (Å²) in [4.78, 5) is 52.0. The molecule has 0 radical (unpaired) electrons. The minimum Gasteiger partial charge on any atom is -0.462 e. The summed E-state index contributed by atoms with van der Waals surface area (Å²) in [5.41, 5.74) is 0.962. The maximum atomic E-state index is 13.0. The van der Waals surface area contributed by atoms with Crippen molar-refractivity contribution in [2.45, 2.75) is 126 Å². The molecule has 3 saturated heterocycles. The van der Waals surface area contributed by atoms with Crippen LogP contribution in [0.5, 0.6) is 5.75 Å². The number of nitrogens with one attached hydrogen (secondary N) is 2. The van der Waals surface area contributed by atoms with E-state index in [2.05, 4.69) is 10.6 Å². The molecule has 2 aromatic rings. The molecular weight excluding hydrogens is 774 g/mol. The van der Waals surface area contributed by atoms with Gasteiger partial charge in [0, 0.05) is 38.9 Å². The SMILES string of the molecule is CCCC(=O)N1CCCNC(=O)CC(c2ccc(OC3OC(C)C(O)C(O)C3OC3OC(COC(=O)c4ccccc4)C(O)C(O)C3O)cc2)NCCC(OC(C)=O)C1. The fourth-order valence-corrected chi connectivity index (χ4v) is 7.13. The Labute approximate surface area is 342 Å². The van der Waals surface area contributed by atoms with Gasteiger partial charge in [0.25, 0.3) is 0 Å². The zero-order valence-electron chi connectivity index (χ0n) is 33.5. The van der Waals surface area contributed by atoms with Crippen LogP contribution >= 0.6 is 0 Å². The second-order valence-electron chi connectivity index (χ2n) is 15.0. The van der Waals surface area contributed by atoms with Crippen LogP contribution in [0.25, 0.3) is 0 Å². The number of aliphatic hydroxyl groups excluding tert-OH is 5. The molecule has 0 saturated carbocycles. The van der Waals surface area contributed by atoms with Crippen LogP contribution in [-0.2, 0) is 38.1 Å². The average molecular weight is 832 g/mol. The Hall–Kier alpha value is -4.24. The van der Waals surface area contributed by atoms with E-state index >= 15 is 0 Å². The second kappa shape index (κ2) is 21.8. The van der Waals surface area contributed by atoms with E-state index in [1.54, 1.807) is 47.4 Å². The van der Waals surface area contributed by atoms with E-state index in [-0.39, 0.29) is 36.1 Å². The summed E-state index contributed by atoms with van der Waals surface area (Å²) in [6, 6.07) is 14.3. The number of benzene rings is 2. The third kappa shape index (κ3) is 12.6. The van der Waals surface area contributed by atoms with Crippen LogP contribution < -0.4 is 15.4 Å². The highest BCUT2D eigenvalue weighted by Crippen LogP contribution is 2.31. The highest BCUT2D eigenvalue weighted by Gasteiger charge is 2.51. The molecule has 0 aromatic heterocycles. The van der Waals surface area contributed by atoms with Gasteiger partial charge in [-0.15, -0.1) is 0 Å². The number of carbonyl (C=O) groups is 4. The van der Waals surface area contributed by atoms with Crippen LogP contribution in [0.4, 0.5) is 0 Å². The molecule has 326 valence electrons. The van der Waals surface area contributed by atoms with Gasteiger partial charge in [0.05, 0.1) is 18.2 Å². The molecule has 5 rings (SSSR count). The summed E-state index contributed by atoms with van der Waals surface area (Å²) in [5, 5.41) is 60.2. The molecule has 59 heavy (non-hydrogen) atoms. The molecule has 7 N–H and O–H groups in total. The Bertz CT molecular complexity index is 1670. The van der Waals surface area contributed by atoms with Crippen LogP contribution in [-0.4, -0.2) is 154 Å². The molecule has 12 atom stereocenters. The van der Waals surface area contributed by atoms with Crippen molar-refractivity contribution in [1.82, 2.24) is 15.5 Å². The molecule has 0 bridgehead atoms. The summed E-state index contributed by atoms with van der Waals surface area (Å²) >= 11 is 0. The Balaban J connectivity index is 1.26. The predicted octanol–water partition coefficient (Wildman–Crippen LogP) is 0.0730. The first-order valence-corrected chi connectivity index (χ1v) is 20.1. The highest BCUT2D eigenvalue weighted by atomic mass is 16.8. The Morgan fingerprint density at radius 3 is 2.31 bits per heavy atom. The number of carbonyl (C=O) groups excluding carboxylic acids is 4. The van der Waals surface area contributed by atoms with E-state index in [1.165, 1.54) is 26.0 Å². The summed E-state index contributed by atoms with van der Waals surface area (Å²) < 4.78 is 34.5. The van der Waals surface area contributed by atoms with Crippen LogP contribution in [0.15, 0.2) is 54.6 Å². The number of rotatable bonds is 11. The number of aliphatic hydroxyl groups is 5. The lowest BCUT2D eigenvalue weighted by atomic mass is 9.97. The van der Waals surface area contributed by atoms with Crippen molar-refractivity contribution in [3.8, 4) is 5.75 Å². The third-order valence-electron chi connectivity index (χ3n) is 10.4. The Kier molecular flexibility index (Phi) is 17.0. The van der Waals surface area contributed by atoms with Crippen LogP contribution in [0.1, 0.15) is 74.8 Å². The first-order chi connectivity index (χ1) is 28.2. The highest BCUT2D eigenvalue weighted by molar-refractivity contribution is 5.89. The van der Waals surface area contributed by atoms with Gasteiger partial charge in [-0.25, -0.2) is 4.79 Å². The van der Waals surface area contributed by atoms with Gasteiger partial charge >= 0.3 is 11.9 Å². The van der Waals surface area contributed by atoms with Crippen molar-refractivity contribution >= 4 is 23.8 Å². The maximum Gasteiger partial charge on any atom is 0.338 e. The van der Waals surface area contributed by atoms with Crippen molar-refractivity contribution in [1.29, 1.82) is 0 Å². The number of ether oxygens (including phenoxy) is 6. The topological polar surface area (TPSA) is 252 Å². The summed E-state index contributed by atoms with van der Waals surface area (Å²) in [6.07, 6.45) is -13.8. The van der Waals surface area contributed by atoms with E-state index < -0.39 is 92.1 Å². The van der Waals surface area contributed by atoms with Crippen molar-refractivity contribution in [2.24, 2.45) is 0 Å². The molecular formula is C41H57N3O15. The molecule has 3 fully saturated rings. The van der Waals surface area contributed by atoms with E-state index in [1.807, 2.05) is 6.92 Å². The lowest BCUT2D eigenvalue weighted by Crippen LogP contribution is -2.64. The Morgan fingerprint density at radius 1 is 0.881 bits per heavy atom. The quantitative estimate of drug-likeness (QED) is 0.148. The first-order valence-electron chi connectivity index (χ1n) is 20.1. The number of hydrogen-bond donors (Lipinski definition) is 7. The number of amides is 2. The number of nitrogens with zero attached hydrogens (tertiary/aromatic N) is 1. The largest absolute Gasteiger partial charge is 0.462 e. The standard InChI is InChI=1S/C41H57N3O15/c1-4-9-32(47)44-19-8-17-43-31(46)20-29(42-18-16-28(21-44)56-24(3)45)25-12-14-27(15-13-25)57-41-38(36(51)33(48)23(2)55-41)59-40-37(52)35(50)34(49)30(58-40)22-54-39(53)26-10-6-5-7-11-26/h5-7,10-15,23,28-30,33-38,40-42,48-52H,4,8-9,16-22H2,1-3H3,(H,43,46). The van der Waals surface area contributed by atoms with Gasteiger partial charge in [-0.05, 0) is 62.6 Å². The van der Waals surface area contributed by atoms with Gasteiger partial charge in [-0.1, -0.05) is 37.3 Å². The van der Waals surface area contributed by atoms with Crippen LogP contribution in [0, 0.1) is 0 Å². The molecule has 3 aliphatic rings. The molecule has 0 aliphatic carbocycles. The average Bonchev–Trinajstić information content (AvgIpc) is 3.23. The lowest BCUT2D eigenvalue weighted by molar-refractivity contribution is -0.355. The fourth-order valence-electron chi connectivity index (χ4n) is 7.13. The van der Waals surface area contributed by atoms with Crippen molar-refractivity contribution in [3.05, 3.63) is 65.7 Å². The minimum absolute atomic E-state index is 0.0400. The smallest absolute Gasteiger partial charge is 0.338 e. The Morgan fingerprint density at radius 2 is 1.61 bits per heavy atom. The number of esters is 2. The molecule has 18 heteroatoms. The van der Waals surface area contributed by atoms with Gasteiger partial charge in [-0.2, -0.15) is 0 Å². The normalized spacial score (nSPS) is 32.3. The molecule has 18 nitrogen and oxygen atoms in total. The molecule has 2 amide bonds. The van der Waals surface area contributed by atoms with Gasteiger partial charge in [-0.3, -0.25) is 14.4 Å². The van der Waals surface area contributed by atoms with Gasteiger partial charge in [0.2, 0.25) is 18.1 Å². The summed E-state index contributed by atoms with van der Waals surface area (Å²) in [5.74, 6) is -1.17. The van der Waals surface area contributed by atoms with E-state index in [0.717, 1.165) is 5.56 Å². The maximum absolute atomic E-state index is 13.0. The summed E-state index contributed by atoms with van der Waals surface area (Å²) in [7, 11) is 0. The van der Waals surface area contributed by atoms with Crippen LogP contribution in [0.3, 0.4) is 0 Å². The first kappa shape index (κ1) is 45.8. The second-order valence-corrected chi connectivity index (χ2v) is 15.0. The van der Waals surface area contributed by atoms with Crippen molar-refractivity contribution in [2.75, 3.05) is 32.8 Å². The lowest BCUT2D eigenvalue weighted by Gasteiger charge is -2.45. The zero-order valence-corrected chi connectivity index (χ0v) is 33.5. The number of hydrogen-bond acceptors (Lipinski definition) is 16. The van der Waals surface area contributed by atoms with E-state index in [4.69, 9.17) is 28.4 Å². The molecule has 3 aliphatic heterocycles. The van der Waals surface area contributed by atoms with Gasteiger partial charge < -0.3 is 69.5 Å². The fraction of sp³-hybridized carbons (Fsp3) is 0.610. The molecule has 2 aromatic carbocycles. The van der Waals surface area contributed by atoms with Gasteiger partial charge in [0.15, 0.2) is 12.4 Å². The van der Waals surface area contributed by atoms with Crippen molar-refractivity contribution in [3.63, 3.8) is 0 Å². The van der Waals surface area contributed by atoms with Crippen molar-refractivity contribution < 1.29 is 73.1 Å². The monoisotopic (exact) mass is 831 g/mol. The predicted molar refractivity (Wildman–Crippen MR) is 206 cm³/mol. The van der Waals surface area contributed by atoms with Gasteiger partial charge in [0.1, 0.15) is 55.1 Å². The van der Waals surface area contributed by atoms with E-state index in [0.29, 0.717) is 45.3 Å². The molecule has 12 unspecified atom stereocenters. The van der Waals surface area contributed by atoms with Crippen LogP contribution in [0.2, 0.25) is 0 Å².